The van der Waals surface area contributed by atoms with Gasteiger partial charge in [-0.15, -0.1) is 34.5 Å². The van der Waals surface area contributed by atoms with Crippen LogP contribution in [0.25, 0.3) is 112 Å². The molecule has 0 aliphatic rings. The Morgan fingerprint density at radius 1 is 0.371 bits per heavy atom. The van der Waals surface area contributed by atoms with E-state index in [1.807, 2.05) is 205 Å². The number of aliphatic hydroxyl groups is 1. The second-order valence-electron chi connectivity index (χ2n) is 29.5. The van der Waals surface area contributed by atoms with Crippen molar-refractivity contribution in [3.05, 3.63) is 441 Å². The molecule has 2 N–H and O–H groups in total. The number of hydrogen-bond acceptors (Lipinski definition) is 12. The summed E-state index contributed by atoms with van der Waals surface area (Å²) in [5, 5.41) is 27.8. The Balaban J connectivity index is 0.000000234. The van der Waals surface area contributed by atoms with Gasteiger partial charge in [0.2, 0.25) is 0 Å². The second kappa shape index (κ2) is 54.7. The number of aryl methyl sites for hydroxylation is 10. The summed E-state index contributed by atoms with van der Waals surface area (Å²) in [6, 6.07) is 88.6. The SMILES string of the molecule is CC(=O)C=C(C)O.Cc1cccc(C)c1-n1[c-]c(-c2ccccn2)cc1.Cc1cccc(C)c1-n1[c-]c(-c2ccccn2)cn1.Cc1cccc(C)c1-n1c[c-]c(-c2ccccn2)c1.Cc1cccc(C)c1-n1cc(-c2ccccn2)[c-]n1.Cn1[c-]c(-c2ccc(-c3ccccc3)cn2)cc1.Cn1c[c-]c(-c2nccc3ccccc23)c1.O=C(O)c1ccccn1.[Ir].[Ir].[Pt].[Pt].[Pt].[Pt]. The number of pyridine rings is 7. The fourth-order valence-electron chi connectivity index (χ4n) is 13.7. The predicted octanol–water partition coefficient (Wildman–Crippen LogP) is 23.0. The quantitative estimate of drug-likeness (QED) is 0.0624. The molecule has 686 valence electrons. The number of benzene rings is 6. The minimum Gasteiger partial charge on any atom is -0.512 e. The van der Waals surface area contributed by atoms with Crippen LogP contribution in [0.4, 0.5) is 0 Å². The van der Waals surface area contributed by atoms with Gasteiger partial charge in [-0.3, -0.25) is 14.9 Å². The maximum atomic E-state index is 10.1. The Morgan fingerprint density at radius 3 is 1.33 bits per heavy atom. The van der Waals surface area contributed by atoms with Gasteiger partial charge in [-0.25, -0.2) is 14.9 Å². The molecule has 19 nitrogen and oxygen atoms in total. The molecule has 0 atom stereocenters. The summed E-state index contributed by atoms with van der Waals surface area (Å²) in [6.45, 7) is 19.7. The molecule has 0 aliphatic heterocycles. The van der Waals surface area contributed by atoms with Gasteiger partial charge in [-0.1, -0.05) is 271 Å². The number of ketones is 1. The van der Waals surface area contributed by atoms with Crippen LogP contribution in [0.2, 0.25) is 0 Å². The second-order valence-corrected chi connectivity index (χ2v) is 29.5. The Morgan fingerprint density at radius 2 is 0.848 bits per heavy atom. The van der Waals surface area contributed by atoms with Crippen molar-refractivity contribution in [2.24, 2.45) is 14.1 Å². The summed E-state index contributed by atoms with van der Waals surface area (Å²) in [6.07, 6.45) is 42.2. The van der Waals surface area contributed by atoms with Crippen molar-refractivity contribution in [2.75, 3.05) is 0 Å². The number of aliphatic hydroxyl groups excluding tert-OH is 1. The first-order valence-corrected chi connectivity index (χ1v) is 40.7. The number of aromatic carboxylic acids is 1. The Kier molecular flexibility index (Phi) is 45.0. The number of carboxylic acids is 1. The van der Waals surface area contributed by atoms with E-state index in [1.165, 1.54) is 104 Å². The Labute approximate surface area is 856 Å². The average Bonchev–Trinajstić information content (AvgIpc) is 1.74. The van der Waals surface area contributed by atoms with E-state index in [1.54, 1.807) is 47.8 Å². The molecule has 132 heavy (non-hydrogen) atoms. The van der Waals surface area contributed by atoms with Crippen molar-refractivity contribution in [3.63, 3.8) is 0 Å². The third-order valence-electron chi connectivity index (χ3n) is 19.7. The number of hydrogen-bond donors (Lipinski definition) is 2. The van der Waals surface area contributed by atoms with Gasteiger partial charge in [0.15, 0.2) is 5.78 Å². The molecular weight excluding hydrogens is 2720 g/mol. The van der Waals surface area contributed by atoms with Crippen LogP contribution in [-0.2, 0) is 143 Å². The van der Waals surface area contributed by atoms with Crippen molar-refractivity contribution in [1.29, 1.82) is 0 Å². The van der Waals surface area contributed by atoms with Gasteiger partial charge in [0.05, 0.1) is 11.4 Å². The molecule has 2 radical (unpaired) electrons. The van der Waals surface area contributed by atoms with E-state index in [9.17, 15) is 9.59 Å². The van der Waals surface area contributed by atoms with Crippen LogP contribution in [-0.4, -0.2) is 94.7 Å². The zero-order chi connectivity index (χ0) is 88.9. The van der Waals surface area contributed by atoms with E-state index >= 15 is 0 Å². The molecule has 0 amide bonds. The number of nitrogens with zero attached hydrogens (tertiary/aromatic N) is 15. The summed E-state index contributed by atoms with van der Waals surface area (Å²) in [7, 11) is 3.95. The van der Waals surface area contributed by atoms with E-state index in [0.29, 0.717) is 0 Å². The molecular formula is C107H95Ir2N15O4Pt4-6. The molecule has 0 saturated heterocycles. The largest absolute Gasteiger partial charge is 0.512 e. The molecule has 19 aromatic rings. The van der Waals surface area contributed by atoms with E-state index in [0.717, 1.165) is 84.5 Å². The first kappa shape index (κ1) is 109. The molecule has 0 saturated carbocycles. The fourth-order valence-corrected chi connectivity index (χ4v) is 13.7. The van der Waals surface area contributed by atoms with Crippen LogP contribution in [0.1, 0.15) is 68.8 Å². The standard InChI is InChI=1S/2C17H15N2.2C16H14N3.C16H13N2.C14H11N2.C6H5NO2.C5H8O2.2Ir.4Pt/c2*1-13-6-5-7-14(2)17(13)19-11-9-15(12-19)16-8-3-4-10-18-16;2*1-12-6-5-7-13(2)16(12)19-11-14(10-18-19)15-8-3-4-9-17-15;1-18-10-9-15(12-18)16-8-7-14(11-17-16)13-5-3-2-4-6-13;1-16-9-7-12(10-16)14-13-5-3-2-4-11(13)6-8-15-14;8-6(9)5-3-1-2-4-7-5;1-4(6)3-5(2)7;;;;;;/h3-8,10-12H,1-2H3;3-11H,1-2H3;3-9,11H,1-2H3;3-10H,1-2H3;2-11H,1H3;2-6,8-10H,1H3;1-4H,(H,8,9);3,6H,1-2H3;;;;;;/q6*-1;;;;;;;;. The van der Waals surface area contributed by atoms with Gasteiger partial charge in [0.25, 0.3) is 0 Å². The fraction of sp³-hybridized carbons (Fsp3) is 0.112. The molecule has 0 bridgehead atoms. The van der Waals surface area contributed by atoms with Crippen molar-refractivity contribution in [1.82, 2.24) is 72.7 Å². The minimum absolute atomic E-state index is 0. The molecule has 13 heterocycles. The topological polar surface area (TPSA) is 220 Å². The van der Waals surface area contributed by atoms with Crippen molar-refractivity contribution < 1.29 is 144 Å². The summed E-state index contributed by atoms with van der Waals surface area (Å²) in [5.41, 5.74) is 28.4. The van der Waals surface area contributed by atoms with Crippen LogP contribution in [0.3, 0.4) is 0 Å². The third-order valence-corrected chi connectivity index (χ3v) is 19.7. The van der Waals surface area contributed by atoms with Crippen LogP contribution < -0.4 is 0 Å². The molecule has 25 heteroatoms. The van der Waals surface area contributed by atoms with Crippen molar-refractivity contribution in [3.8, 4) is 101 Å². The number of allylic oxidation sites excluding steroid dienone is 2. The van der Waals surface area contributed by atoms with Crippen LogP contribution in [0.5, 0.6) is 0 Å². The number of rotatable bonds is 13. The Hall–Kier alpha value is -12.1. The molecule has 19 rings (SSSR count). The molecule has 13 aromatic heterocycles. The minimum atomic E-state index is -0.990. The number of carboxylic acid groups (broad SMARTS) is 1. The number of carbonyl (C=O) groups excluding carboxylic acids is 1. The van der Waals surface area contributed by atoms with Crippen LogP contribution >= 0.6 is 0 Å². The smallest absolute Gasteiger partial charge is 0.354 e. The summed E-state index contributed by atoms with van der Waals surface area (Å²) in [5.74, 6) is -1.05. The summed E-state index contributed by atoms with van der Waals surface area (Å²) in [4.78, 5) is 50.0. The molecule has 0 aliphatic carbocycles. The number of fused-ring (bicyclic) bond motifs is 1. The van der Waals surface area contributed by atoms with Gasteiger partial charge < -0.3 is 62.8 Å². The van der Waals surface area contributed by atoms with Gasteiger partial charge in [0.1, 0.15) is 5.69 Å². The Bertz CT molecular complexity index is 6180. The summed E-state index contributed by atoms with van der Waals surface area (Å²) >= 11 is 0. The number of para-hydroxylation sites is 4. The maximum absolute atomic E-state index is 10.1. The monoisotopic (exact) mass is 2820 g/mol. The van der Waals surface area contributed by atoms with Gasteiger partial charge in [-0.2, -0.15) is 18.2 Å². The molecule has 0 unspecified atom stereocenters. The van der Waals surface area contributed by atoms with Gasteiger partial charge >= 0.3 is 5.97 Å². The number of carbonyl (C=O) groups is 2. The normalized spacial score (nSPS) is 10.1. The van der Waals surface area contributed by atoms with Gasteiger partial charge in [0, 0.05) is 185 Å². The van der Waals surface area contributed by atoms with E-state index in [4.69, 9.17) is 10.2 Å². The van der Waals surface area contributed by atoms with Crippen LogP contribution in [0.15, 0.2) is 354 Å². The third kappa shape index (κ3) is 30.8. The number of aromatic nitrogens is 15. The van der Waals surface area contributed by atoms with E-state index in [-0.39, 0.29) is 142 Å². The zero-order valence-corrected chi connectivity index (χ0v) is 88.1. The van der Waals surface area contributed by atoms with Gasteiger partial charge in [-0.05, 0) is 235 Å². The molecule has 6 aromatic carbocycles. The van der Waals surface area contributed by atoms with E-state index in [2.05, 4.69) is 256 Å². The summed E-state index contributed by atoms with van der Waals surface area (Å²) < 4.78 is 11.7. The van der Waals surface area contributed by atoms with Crippen molar-refractivity contribution in [2.45, 2.75) is 69.2 Å². The van der Waals surface area contributed by atoms with Crippen molar-refractivity contribution >= 4 is 22.5 Å². The average molecular weight is 2820 g/mol. The zero-order valence-electron chi connectivity index (χ0n) is 74.3. The molecule has 0 fully saturated rings. The first-order valence-electron chi connectivity index (χ1n) is 40.7. The van der Waals surface area contributed by atoms with E-state index < -0.39 is 5.97 Å². The first-order chi connectivity index (χ1) is 61.1. The maximum Gasteiger partial charge on any atom is 0.354 e. The van der Waals surface area contributed by atoms with Crippen LogP contribution in [0, 0.1) is 92.3 Å². The molecule has 0 spiro atoms. The predicted molar refractivity (Wildman–Crippen MR) is 501 cm³/mol.